The molecule has 0 aromatic heterocycles. The lowest BCUT2D eigenvalue weighted by molar-refractivity contribution is 0.270. The molecule has 1 saturated heterocycles. The molecule has 0 spiro atoms. The van der Waals surface area contributed by atoms with Gasteiger partial charge in [0.2, 0.25) is 10.0 Å². The van der Waals surface area contributed by atoms with E-state index in [9.17, 15) is 12.8 Å². The van der Waals surface area contributed by atoms with Gasteiger partial charge < -0.3 is 10.0 Å². The number of likely N-dealkylation sites (N-methyl/N-ethyl adjacent to an activating group) is 2. The number of nitrogens with zero attached hydrogens (tertiary/aromatic N) is 2. The van der Waals surface area contributed by atoms with Crippen LogP contribution in [0.2, 0.25) is 0 Å². The predicted molar refractivity (Wildman–Crippen MR) is 77.8 cm³/mol. The SMILES string of the molecule is CN1CCCC1CN(C)S(=O)(=O)c1ccc(F)c(CO)c1. The van der Waals surface area contributed by atoms with Gasteiger partial charge in [0.15, 0.2) is 0 Å². The summed E-state index contributed by atoms with van der Waals surface area (Å²) in [5.74, 6) is -0.602. The van der Waals surface area contributed by atoms with Crippen LogP contribution in [0.5, 0.6) is 0 Å². The molecule has 1 N–H and O–H groups in total. The monoisotopic (exact) mass is 316 g/mol. The first-order valence-corrected chi connectivity index (χ1v) is 8.36. The number of aliphatic hydroxyl groups is 1. The summed E-state index contributed by atoms with van der Waals surface area (Å²) in [4.78, 5) is 2.16. The molecular formula is C14H21FN2O3S. The molecule has 1 aromatic carbocycles. The van der Waals surface area contributed by atoms with Gasteiger partial charge in [-0.05, 0) is 44.6 Å². The van der Waals surface area contributed by atoms with Crippen LogP contribution in [0.1, 0.15) is 18.4 Å². The quantitative estimate of drug-likeness (QED) is 0.881. The molecule has 1 aliphatic heterocycles. The van der Waals surface area contributed by atoms with E-state index >= 15 is 0 Å². The number of hydrogen-bond acceptors (Lipinski definition) is 4. The summed E-state index contributed by atoms with van der Waals surface area (Å²) in [6.45, 7) is 0.860. The Morgan fingerprint density at radius 3 is 2.76 bits per heavy atom. The lowest BCUT2D eigenvalue weighted by Gasteiger charge is -2.25. The Kier molecular flexibility index (Phi) is 4.98. The third kappa shape index (κ3) is 3.42. The van der Waals surface area contributed by atoms with E-state index in [1.165, 1.54) is 23.5 Å². The van der Waals surface area contributed by atoms with Crippen molar-refractivity contribution in [3.63, 3.8) is 0 Å². The molecule has 0 amide bonds. The van der Waals surface area contributed by atoms with Crippen molar-refractivity contribution in [3.05, 3.63) is 29.6 Å². The van der Waals surface area contributed by atoms with Crippen molar-refractivity contribution < 1.29 is 17.9 Å². The summed E-state index contributed by atoms with van der Waals surface area (Å²) < 4.78 is 39.7. The average molecular weight is 316 g/mol. The lowest BCUT2D eigenvalue weighted by Crippen LogP contribution is -2.39. The molecule has 21 heavy (non-hydrogen) atoms. The van der Waals surface area contributed by atoms with Gasteiger partial charge in [-0.1, -0.05) is 0 Å². The second-order valence-electron chi connectivity index (χ2n) is 5.47. The molecule has 1 aliphatic rings. The number of halogens is 1. The van der Waals surface area contributed by atoms with Crippen LogP contribution in [0.3, 0.4) is 0 Å². The highest BCUT2D eigenvalue weighted by atomic mass is 32.2. The third-order valence-corrected chi connectivity index (χ3v) is 5.85. The Bertz CT molecular complexity index is 606. The van der Waals surface area contributed by atoms with Crippen molar-refractivity contribution in [1.29, 1.82) is 0 Å². The van der Waals surface area contributed by atoms with Gasteiger partial charge in [-0.15, -0.1) is 0 Å². The topological polar surface area (TPSA) is 60.9 Å². The lowest BCUT2D eigenvalue weighted by atomic mass is 10.2. The van der Waals surface area contributed by atoms with E-state index in [2.05, 4.69) is 4.90 Å². The Labute approximate surface area is 125 Å². The van der Waals surface area contributed by atoms with E-state index in [1.807, 2.05) is 7.05 Å². The maximum atomic E-state index is 13.4. The van der Waals surface area contributed by atoms with Crippen LogP contribution >= 0.6 is 0 Å². The molecule has 7 heteroatoms. The number of hydrogen-bond donors (Lipinski definition) is 1. The number of aliphatic hydroxyl groups excluding tert-OH is 1. The zero-order chi connectivity index (χ0) is 15.6. The Hall–Kier alpha value is -1.02. The van der Waals surface area contributed by atoms with Crippen molar-refractivity contribution in [3.8, 4) is 0 Å². The summed E-state index contributed by atoms with van der Waals surface area (Å²) in [6.07, 6.45) is 2.04. The second-order valence-corrected chi connectivity index (χ2v) is 7.52. The van der Waals surface area contributed by atoms with E-state index in [1.54, 1.807) is 0 Å². The highest BCUT2D eigenvalue weighted by molar-refractivity contribution is 7.89. The largest absolute Gasteiger partial charge is 0.392 e. The van der Waals surface area contributed by atoms with E-state index in [0.29, 0.717) is 6.54 Å². The van der Waals surface area contributed by atoms with Crippen molar-refractivity contribution in [1.82, 2.24) is 9.21 Å². The van der Waals surface area contributed by atoms with Crippen molar-refractivity contribution in [2.24, 2.45) is 0 Å². The van der Waals surface area contributed by atoms with Crippen LogP contribution < -0.4 is 0 Å². The number of sulfonamides is 1. The molecule has 1 fully saturated rings. The highest BCUT2D eigenvalue weighted by Crippen LogP contribution is 2.21. The normalized spacial score (nSPS) is 20.3. The molecule has 0 radical (unpaired) electrons. The van der Waals surface area contributed by atoms with Gasteiger partial charge in [0.1, 0.15) is 5.82 Å². The number of rotatable bonds is 5. The fourth-order valence-corrected chi connectivity index (χ4v) is 3.88. The molecule has 1 heterocycles. The molecule has 0 saturated carbocycles. The summed E-state index contributed by atoms with van der Waals surface area (Å²) >= 11 is 0. The molecule has 2 rings (SSSR count). The van der Waals surface area contributed by atoms with Crippen molar-refractivity contribution >= 4 is 10.0 Å². The van der Waals surface area contributed by atoms with E-state index in [0.717, 1.165) is 25.5 Å². The maximum absolute atomic E-state index is 13.4. The first-order chi connectivity index (χ1) is 9.86. The van der Waals surface area contributed by atoms with Crippen LogP contribution in [0.4, 0.5) is 4.39 Å². The van der Waals surface area contributed by atoms with Gasteiger partial charge in [-0.25, -0.2) is 12.8 Å². The zero-order valence-corrected chi connectivity index (χ0v) is 13.1. The summed E-state index contributed by atoms with van der Waals surface area (Å²) in [5.41, 5.74) is -0.0116. The third-order valence-electron chi connectivity index (χ3n) is 4.04. The first kappa shape index (κ1) is 16.4. The standard InChI is InChI=1S/C14H21FN2O3S/c1-16-7-3-4-12(16)9-17(2)21(19,20)13-5-6-14(15)11(8-13)10-18/h5-6,8,12,18H,3-4,7,9-10H2,1-2H3. The highest BCUT2D eigenvalue weighted by Gasteiger charge is 2.28. The zero-order valence-electron chi connectivity index (χ0n) is 12.3. The fraction of sp³-hybridized carbons (Fsp3) is 0.571. The Balaban J connectivity index is 2.20. The van der Waals surface area contributed by atoms with Crippen molar-refractivity contribution in [2.45, 2.75) is 30.4 Å². The molecule has 1 atom stereocenters. The van der Waals surface area contributed by atoms with Gasteiger partial charge in [-0.2, -0.15) is 4.31 Å². The molecule has 118 valence electrons. The summed E-state index contributed by atoms with van der Waals surface area (Å²) in [5, 5.41) is 9.06. The van der Waals surface area contributed by atoms with Crippen LogP contribution in [0.15, 0.2) is 23.1 Å². The van der Waals surface area contributed by atoms with E-state index in [-0.39, 0.29) is 16.5 Å². The molecule has 0 aliphatic carbocycles. The minimum Gasteiger partial charge on any atom is -0.392 e. The van der Waals surface area contributed by atoms with Crippen LogP contribution in [0.25, 0.3) is 0 Å². The molecule has 5 nitrogen and oxygen atoms in total. The van der Waals surface area contributed by atoms with Crippen LogP contribution in [0, 0.1) is 5.82 Å². The average Bonchev–Trinajstić information content (AvgIpc) is 2.84. The predicted octanol–water partition coefficient (Wildman–Crippen LogP) is 1.03. The number of likely N-dealkylation sites (tertiary alicyclic amines) is 1. The molecular weight excluding hydrogens is 295 g/mol. The molecule has 1 aromatic rings. The fourth-order valence-electron chi connectivity index (χ4n) is 2.62. The van der Waals surface area contributed by atoms with Gasteiger partial charge in [0, 0.05) is 25.2 Å². The minimum atomic E-state index is -3.67. The minimum absolute atomic E-state index is 0.0103. The van der Waals surface area contributed by atoms with Crippen LogP contribution in [-0.2, 0) is 16.6 Å². The number of benzene rings is 1. The van der Waals surface area contributed by atoms with Gasteiger partial charge in [0.25, 0.3) is 0 Å². The van der Waals surface area contributed by atoms with Gasteiger partial charge >= 0.3 is 0 Å². The summed E-state index contributed by atoms with van der Waals surface area (Å²) in [7, 11) is -0.153. The van der Waals surface area contributed by atoms with Gasteiger partial charge in [0.05, 0.1) is 11.5 Å². The van der Waals surface area contributed by atoms with Crippen molar-refractivity contribution in [2.75, 3.05) is 27.2 Å². The Morgan fingerprint density at radius 2 is 2.19 bits per heavy atom. The Morgan fingerprint density at radius 1 is 1.48 bits per heavy atom. The van der Waals surface area contributed by atoms with E-state index < -0.39 is 22.4 Å². The van der Waals surface area contributed by atoms with Gasteiger partial charge in [-0.3, -0.25) is 0 Å². The first-order valence-electron chi connectivity index (χ1n) is 6.92. The van der Waals surface area contributed by atoms with Crippen LogP contribution in [-0.4, -0.2) is 56.0 Å². The second kappa shape index (κ2) is 6.39. The smallest absolute Gasteiger partial charge is 0.242 e. The molecule has 0 bridgehead atoms. The van der Waals surface area contributed by atoms with E-state index in [4.69, 9.17) is 5.11 Å². The maximum Gasteiger partial charge on any atom is 0.242 e. The summed E-state index contributed by atoms with van der Waals surface area (Å²) in [6, 6.07) is 3.72. The molecule has 1 unspecified atom stereocenters.